The summed E-state index contributed by atoms with van der Waals surface area (Å²) in [4.78, 5) is 15.1. The van der Waals surface area contributed by atoms with Crippen LogP contribution < -0.4 is 19.9 Å². The number of ether oxygens (including phenoxy) is 3. The molecule has 1 amide bonds. The van der Waals surface area contributed by atoms with Crippen LogP contribution in [-0.4, -0.2) is 50.3 Å². The van der Waals surface area contributed by atoms with Gasteiger partial charge in [-0.15, -0.1) is 0 Å². The minimum absolute atomic E-state index is 0.211. The molecule has 3 N–H and O–H groups in total. The number of carbonyl (C=O) groups excluding carboxylic acids is 1. The maximum atomic E-state index is 13.6. The summed E-state index contributed by atoms with van der Waals surface area (Å²) in [5.74, 6) is 0.195. The van der Waals surface area contributed by atoms with Crippen LogP contribution in [-0.2, 0) is 15.9 Å². The molecule has 0 aromatic heterocycles. The van der Waals surface area contributed by atoms with E-state index in [1.165, 1.54) is 4.90 Å². The number of aliphatic hydroxyl groups is 1. The molecule has 3 aromatic rings. The molecule has 0 bridgehead atoms. The van der Waals surface area contributed by atoms with Crippen LogP contribution in [0.3, 0.4) is 0 Å². The van der Waals surface area contributed by atoms with Crippen LogP contribution in [0.4, 0.5) is 0 Å². The number of benzene rings is 3. The first-order chi connectivity index (χ1) is 16.8. The Labute approximate surface area is 205 Å². The highest BCUT2D eigenvalue weighted by Gasteiger charge is 2.76. The quantitative estimate of drug-likeness (QED) is 0.591. The molecule has 1 aliphatic carbocycles. The maximum Gasteiger partial charge on any atom is 0.228 e. The molecule has 3 aromatic carbocycles. The SMILES string of the molecule is COc1ccc(C23Oc4cc(OC)ccc4C2(N)C(O)C(C(=O)N(C)C)C3c2ccccc2)cc1. The fourth-order valence-corrected chi connectivity index (χ4v) is 5.93. The van der Waals surface area contributed by atoms with Crippen molar-refractivity contribution in [1.82, 2.24) is 4.90 Å². The summed E-state index contributed by atoms with van der Waals surface area (Å²) in [5, 5.41) is 12.0. The van der Waals surface area contributed by atoms with Crippen molar-refractivity contribution in [3.05, 3.63) is 89.5 Å². The van der Waals surface area contributed by atoms with Gasteiger partial charge in [0.2, 0.25) is 5.91 Å². The first-order valence-electron chi connectivity index (χ1n) is 11.5. The van der Waals surface area contributed by atoms with Crippen LogP contribution >= 0.6 is 0 Å². The van der Waals surface area contributed by atoms with Crippen molar-refractivity contribution in [3.63, 3.8) is 0 Å². The minimum atomic E-state index is -1.42. The lowest BCUT2D eigenvalue weighted by Crippen LogP contribution is -2.58. The number of rotatable bonds is 5. The predicted octanol–water partition coefficient (Wildman–Crippen LogP) is 3.01. The van der Waals surface area contributed by atoms with Gasteiger partial charge in [0, 0.05) is 31.6 Å². The van der Waals surface area contributed by atoms with Crippen molar-refractivity contribution in [2.75, 3.05) is 28.3 Å². The second-order valence-electron chi connectivity index (χ2n) is 9.39. The van der Waals surface area contributed by atoms with Gasteiger partial charge in [0.15, 0.2) is 5.60 Å². The first kappa shape index (κ1) is 23.2. The average Bonchev–Trinajstić information content (AvgIpc) is 3.26. The number of fused-ring (bicyclic) bond motifs is 3. The third kappa shape index (κ3) is 3.08. The van der Waals surface area contributed by atoms with Crippen molar-refractivity contribution in [2.24, 2.45) is 11.7 Å². The molecule has 1 fully saturated rings. The van der Waals surface area contributed by atoms with E-state index in [0.29, 0.717) is 22.8 Å². The summed E-state index contributed by atoms with van der Waals surface area (Å²) in [5.41, 5.74) is 6.84. The molecular weight excluding hydrogens is 444 g/mol. The van der Waals surface area contributed by atoms with E-state index in [-0.39, 0.29) is 5.91 Å². The summed E-state index contributed by atoms with van der Waals surface area (Å²) in [6.07, 6.45) is -1.22. The van der Waals surface area contributed by atoms with Gasteiger partial charge in [0.05, 0.1) is 26.2 Å². The Morgan fingerprint density at radius 3 is 2.20 bits per heavy atom. The molecule has 35 heavy (non-hydrogen) atoms. The number of aliphatic hydroxyl groups excluding tert-OH is 1. The van der Waals surface area contributed by atoms with E-state index in [9.17, 15) is 9.90 Å². The molecular formula is C28H30N2O5. The zero-order chi connectivity index (χ0) is 25.0. The van der Waals surface area contributed by atoms with E-state index >= 15 is 0 Å². The lowest BCUT2D eigenvalue weighted by atomic mass is 9.69. The van der Waals surface area contributed by atoms with Crippen molar-refractivity contribution in [1.29, 1.82) is 0 Å². The van der Waals surface area contributed by atoms with Gasteiger partial charge in [-0.3, -0.25) is 4.79 Å². The van der Waals surface area contributed by atoms with Crippen LogP contribution in [0.2, 0.25) is 0 Å². The molecule has 5 atom stereocenters. The fraction of sp³-hybridized carbons (Fsp3) is 0.321. The molecule has 5 unspecified atom stereocenters. The highest BCUT2D eigenvalue weighted by molar-refractivity contribution is 5.82. The number of nitrogens with two attached hydrogens (primary N) is 1. The predicted molar refractivity (Wildman–Crippen MR) is 132 cm³/mol. The van der Waals surface area contributed by atoms with Crippen LogP contribution in [0.25, 0.3) is 0 Å². The maximum absolute atomic E-state index is 13.6. The van der Waals surface area contributed by atoms with Crippen LogP contribution in [0.5, 0.6) is 17.2 Å². The Bertz CT molecular complexity index is 1250. The van der Waals surface area contributed by atoms with Gasteiger partial charge in [0.25, 0.3) is 0 Å². The summed E-state index contributed by atoms with van der Waals surface area (Å²) in [6.45, 7) is 0. The van der Waals surface area contributed by atoms with E-state index in [4.69, 9.17) is 19.9 Å². The normalized spacial score (nSPS) is 28.6. The van der Waals surface area contributed by atoms with Crippen molar-refractivity contribution < 1.29 is 24.1 Å². The number of amides is 1. The second-order valence-corrected chi connectivity index (χ2v) is 9.39. The molecule has 0 saturated heterocycles. The Kier molecular flexibility index (Phi) is 5.49. The van der Waals surface area contributed by atoms with Crippen molar-refractivity contribution >= 4 is 5.91 Å². The Hall–Kier alpha value is -3.55. The molecule has 1 saturated carbocycles. The van der Waals surface area contributed by atoms with Gasteiger partial charge >= 0.3 is 0 Å². The third-order valence-electron chi connectivity index (χ3n) is 7.53. The number of methoxy groups -OCH3 is 2. The molecule has 0 radical (unpaired) electrons. The highest BCUT2D eigenvalue weighted by Crippen LogP contribution is 2.67. The lowest BCUT2D eigenvalue weighted by molar-refractivity contribution is -0.137. The third-order valence-corrected chi connectivity index (χ3v) is 7.53. The Morgan fingerprint density at radius 1 is 0.971 bits per heavy atom. The van der Waals surface area contributed by atoms with E-state index in [0.717, 1.165) is 11.1 Å². The minimum Gasteiger partial charge on any atom is -0.497 e. The molecule has 7 heteroatoms. The number of carbonyl (C=O) groups is 1. The van der Waals surface area contributed by atoms with Gasteiger partial charge in [-0.2, -0.15) is 0 Å². The van der Waals surface area contributed by atoms with Crippen molar-refractivity contribution in [2.45, 2.75) is 23.2 Å². The van der Waals surface area contributed by atoms with E-state index < -0.39 is 29.1 Å². The van der Waals surface area contributed by atoms with Crippen LogP contribution in [0.15, 0.2) is 72.8 Å². The van der Waals surface area contributed by atoms with Crippen LogP contribution in [0.1, 0.15) is 22.6 Å². The zero-order valence-electron chi connectivity index (χ0n) is 20.3. The molecule has 182 valence electrons. The highest BCUT2D eigenvalue weighted by atomic mass is 16.5. The van der Waals surface area contributed by atoms with Gasteiger partial charge in [0.1, 0.15) is 22.8 Å². The largest absolute Gasteiger partial charge is 0.497 e. The number of hydrogen-bond donors (Lipinski definition) is 2. The molecule has 2 aliphatic rings. The fourth-order valence-electron chi connectivity index (χ4n) is 5.93. The summed E-state index contributed by atoms with van der Waals surface area (Å²) in [7, 11) is 6.57. The topological polar surface area (TPSA) is 94.2 Å². The Balaban J connectivity index is 1.84. The molecule has 0 spiro atoms. The smallest absolute Gasteiger partial charge is 0.228 e. The van der Waals surface area contributed by atoms with Crippen LogP contribution in [0, 0.1) is 5.92 Å². The summed E-state index contributed by atoms with van der Waals surface area (Å²) < 4.78 is 17.7. The first-order valence-corrected chi connectivity index (χ1v) is 11.5. The van der Waals surface area contributed by atoms with Gasteiger partial charge in [-0.25, -0.2) is 0 Å². The Morgan fingerprint density at radius 2 is 1.60 bits per heavy atom. The summed E-state index contributed by atoms with van der Waals surface area (Å²) in [6, 6.07) is 22.6. The van der Waals surface area contributed by atoms with E-state index in [2.05, 4.69) is 0 Å². The monoisotopic (exact) mass is 474 g/mol. The average molecular weight is 475 g/mol. The zero-order valence-corrected chi connectivity index (χ0v) is 20.3. The van der Waals surface area contributed by atoms with Gasteiger partial charge in [-0.05, 0) is 35.4 Å². The van der Waals surface area contributed by atoms with E-state index in [1.54, 1.807) is 40.4 Å². The number of hydrogen-bond acceptors (Lipinski definition) is 6. The summed E-state index contributed by atoms with van der Waals surface area (Å²) >= 11 is 0. The molecule has 1 aliphatic heterocycles. The molecule has 1 heterocycles. The molecule has 5 rings (SSSR count). The van der Waals surface area contributed by atoms with Gasteiger partial charge in [-0.1, -0.05) is 42.5 Å². The molecule has 7 nitrogen and oxygen atoms in total. The lowest BCUT2D eigenvalue weighted by Gasteiger charge is -2.41. The van der Waals surface area contributed by atoms with Gasteiger partial charge < -0.3 is 30.0 Å². The van der Waals surface area contributed by atoms with Crippen molar-refractivity contribution in [3.8, 4) is 17.2 Å². The van der Waals surface area contributed by atoms with E-state index in [1.807, 2.05) is 60.7 Å². The standard InChI is InChI=1S/C28H30N2O5/c1-30(2)26(32)23-24(17-8-6-5-7-9-17)28(18-10-12-19(33-3)13-11-18)27(29,25(23)31)21-15-14-20(34-4)16-22(21)35-28/h5-16,23-25,31H,29H2,1-4H3. The second kappa shape index (κ2) is 8.29. The number of nitrogens with zero attached hydrogens (tertiary/aromatic N) is 1.